The van der Waals surface area contributed by atoms with Crippen LogP contribution in [0.1, 0.15) is 12.8 Å². The van der Waals surface area contributed by atoms with Gasteiger partial charge in [-0.3, -0.25) is 19.4 Å². The standard InChI is InChI=1S/C16H21N3O3/c1-22-14-4-2-13(3-5-14)18-10-8-17(9-11-18)12-19-15(20)6-7-16(19)21/h2-5H,6-12H2,1H3. The molecule has 0 aromatic heterocycles. The van der Waals surface area contributed by atoms with E-state index in [0.717, 1.165) is 31.9 Å². The summed E-state index contributed by atoms with van der Waals surface area (Å²) in [5.41, 5.74) is 1.17. The van der Waals surface area contributed by atoms with E-state index < -0.39 is 0 Å². The fourth-order valence-electron chi connectivity index (χ4n) is 2.92. The summed E-state index contributed by atoms with van der Waals surface area (Å²) in [4.78, 5) is 29.2. The lowest BCUT2D eigenvalue weighted by atomic mass is 10.2. The zero-order chi connectivity index (χ0) is 15.5. The predicted octanol–water partition coefficient (Wildman–Crippen LogP) is 0.924. The van der Waals surface area contributed by atoms with Crippen molar-refractivity contribution in [2.24, 2.45) is 0 Å². The van der Waals surface area contributed by atoms with Crippen molar-refractivity contribution in [3.05, 3.63) is 24.3 Å². The van der Waals surface area contributed by atoms with Crippen LogP contribution in [0.15, 0.2) is 24.3 Å². The summed E-state index contributed by atoms with van der Waals surface area (Å²) in [5.74, 6) is 0.776. The first-order valence-electron chi connectivity index (χ1n) is 7.62. The molecule has 2 heterocycles. The molecule has 2 aliphatic rings. The number of amides is 2. The maximum atomic E-state index is 11.7. The van der Waals surface area contributed by atoms with Crippen LogP contribution in [-0.2, 0) is 9.59 Å². The molecule has 2 amide bonds. The Morgan fingerprint density at radius 2 is 1.55 bits per heavy atom. The van der Waals surface area contributed by atoms with Crippen molar-refractivity contribution in [3.8, 4) is 5.75 Å². The average Bonchev–Trinajstić information content (AvgIpc) is 2.88. The number of hydrogen-bond acceptors (Lipinski definition) is 5. The summed E-state index contributed by atoms with van der Waals surface area (Å²) >= 11 is 0. The molecule has 0 spiro atoms. The summed E-state index contributed by atoms with van der Waals surface area (Å²) in [6, 6.07) is 8.04. The maximum Gasteiger partial charge on any atom is 0.230 e. The van der Waals surface area contributed by atoms with E-state index >= 15 is 0 Å². The number of anilines is 1. The Labute approximate surface area is 130 Å². The van der Waals surface area contributed by atoms with Crippen LogP contribution >= 0.6 is 0 Å². The van der Waals surface area contributed by atoms with Crippen LogP contribution in [0.25, 0.3) is 0 Å². The molecule has 22 heavy (non-hydrogen) atoms. The molecule has 2 saturated heterocycles. The fourth-order valence-corrected chi connectivity index (χ4v) is 2.92. The lowest BCUT2D eigenvalue weighted by molar-refractivity contribution is -0.140. The van der Waals surface area contributed by atoms with Gasteiger partial charge in [0.1, 0.15) is 5.75 Å². The van der Waals surface area contributed by atoms with Gasteiger partial charge in [0.2, 0.25) is 11.8 Å². The largest absolute Gasteiger partial charge is 0.497 e. The van der Waals surface area contributed by atoms with E-state index in [4.69, 9.17) is 4.74 Å². The van der Waals surface area contributed by atoms with Crippen LogP contribution in [-0.4, -0.2) is 61.6 Å². The molecule has 0 N–H and O–H groups in total. The van der Waals surface area contributed by atoms with Crippen molar-refractivity contribution in [3.63, 3.8) is 0 Å². The Bertz CT molecular complexity index is 534. The van der Waals surface area contributed by atoms with Gasteiger partial charge in [0.15, 0.2) is 0 Å². The summed E-state index contributed by atoms with van der Waals surface area (Å²) in [6.45, 7) is 3.92. The third-order valence-corrected chi connectivity index (χ3v) is 4.31. The summed E-state index contributed by atoms with van der Waals surface area (Å²) < 4.78 is 5.17. The second kappa shape index (κ2) is 6.36. The van der Waals surface area contributed by atoms with Crippen molar-refractivity contribution in [2.45, 2.75) is 12.8 Å². The number of likely N-dealkylation sites (tertiary alicyclic amines) is 1. The molecule has 2 fully saturated rings. The van der Waals surface area contributed by atoms with Crippen LogP contribution in [0.5, 0.6) is 5.75 Å². The summed E-state index contributed by atoms with van der Waals surface area (Å²) in [6.07, 6.45) is 0.731. The van der Waals surface area contributed by atoms with Gasteiger partial charge in [0, 0.05) is 44.7 Å². The molecular formula is C16H21N3O3. The first kappa shape index (κ1) is 14.8. The van der Waals surface area contributed by atoms with Crippen LogP contribution in [0.2, 0.25) is 0 Å². The van der Waals surface area contributed by atoms with Crippen LogP contribution in [0, 0.1) is 0 Å². The quantitative estimate of drug-likeness (QED) is 0.774. The second-order valence-electron chi connectivity index (χ2n) is 5.66. The molecule has 6 heteroatoms. The number of carbonyl (C=O) groups excluding carboxylic acids is 2. The van der Waals surface area contributed by atoms with Gasteiger partial charge in [-0.05, 0) is 24.3 Å². The van der Waals surface area contributed by atoms with E-state index in [0.29, 0.717) is 19.5 Å². The second-order valence-corrected chi connectivity index (χ2v) is 5.66. The Hall–Kier alpha value is -2.08. The highest BCUT2D eigenvalue weighted by Gasteiger charge is 2.31. The molecule has 0 radical (unpaired) electrons. The van der Waals surface area contributed by atoms with E-state index in [9.17, 15) is 9.59 Å². The van der Waals surface area contributed by atoms with Gasteiger partial charge in [-0.2, -0.15) is 0 Å². The molecular weight excluding hydrogens is 282 g/mol. The van der Waals surface area contributed by atoms with Gasteiger partial charge in [0.05, 0.1) is 13.8 Å². The van der Waals surface area contributed by atoms with Crippen molar-refractivity contribution in [1.82, 2.24) is 9.80 Å². The lowest BCUT2D eigenvalue weighted by Crippen LogP contribution is -2.51. The molecule has 6 nitrogen and oxygen atoms in total. The van der Waals surface area contributed by atoms with Crippen LogP contribution in [0.4, 0.5) is 5.69 Å². The zero-order valence-electron chi connectivity index (χ0n) is 12.8. The Kier molecular flexibility index (Phi) is 4.29. The number of hydrogen-bond donors (Lipinski definition) is 0. The van der Waals surface area contributed by atoms with Gasteiger partial charge < -0.3 is 9.64 Å². The summed E-state index contributed by atoms with van der Waals surface area (Å²) in [5, 5.41) is 0. The highest BCUT2D eigenvalue weighted by molar-refractivity contribution is 6.01. The summed E-state index contributed by atoms with van der Waals surface area (Å²) in [7, 11) is 1.66. The van der Waals surface area contributed by atoms with E-state index in [1.807, 2.05) is 12.1 Å². The Morgan fingerprint density at radius 3 is 2.09 bits per heavy atom. The number of benzene rings is 1. The fraction of sp³-hybridized carbons (Fsp3) is 0.500. The molecule has 0 bridgehead atoms. The monoisotopic (exact) mass is 303 g/mol. The number of rotatable bonds is 4. The van der Waals surface area contributed by atoms with Crippen LogP contribution < -0.4 is 9.64 Å². The minimum atomic E-state index is -0.0393. The Morgan fingerprint density at radius 1 is 0.955 bits per heavy atom. The number of imide groups is 1. The van der Waals surface area contributed by atoms with Crippen molar-refractivity contribution >= 4 is 17.5 Å². The van der Waals surface area contributed by atoms with E-state index in [1.165, 1.54) is 10.6 Å². The number of nitrogens with zero attached hydrogens (tertiary/aromatic N) is 3. The van der Waals surface area contributed by atoms with Gasteiger partial charge in [-0.15, -0.1) is 0 Å². The Balaban J connectivity index is 1.53. The van der Waals surface area contributed by atoms with Crippen molar-refractivity contribution in [2.75, 3.05) is 44.9 Å². The predicted molar refractivity (Wildman–Crippen MR) is 82.7 cm³/mol. The number of piperazine rings is 1. The molecule has 3 rings (SSSR count). The molecule has 1 aromatic rings. The van der Waals surface area contributed by atoms with Crippen molar-refractivity contribution < 1.29 is 14.3 Å². The highest BCUT2D eigenvalue weighted by atomic mass is 16.5. The number of ether oxygens (including phenoxy) is 1. The van der Waals surface area contributed by atoms with Gasteiger partial charge in [-0.25, -0.2) is 0 Å². The number of carbonyl (C=O) groups is 2. The first-order chi connectivity index (χ1) is 10.7. The van der Waals surface area contributed by atoms with Gasteiger partial charge >= 0.3 is 0 Å². The molecule has 2 aliphatic heterocycles. The average molecular weight is 303 g/mol. The minimum absolute atomic E-state index is 0.0393. The minimum Gasteiger partial charge on any atom is -0.497 e. The smallest absolute Gasteiger partial charge is 0.230 e. The molecule has 0 unspecified atom stereocenters. The van der Waals surface area contributed by atoms with Gasteiger partial charge in [-0.1, -0.05) is 0 Å². The molecule has 0 atom stereocenters. The maximum absolute atomic E-state index is 11.7. The SMILES string of the molecule is COc1ccc(N2CCN(CN3C(=O)CCC3=O)CC2)cc1. The van der Waals surface area contributed by atoms with E-state index in [-0.39, 0.29) is 11.8 Å². The normalized spacial score (nSPS) is 19.9. The molecule has 0 saturated carbocycles. The molecule has 1 aromatic carbocycles. The molecule has 0 aliphatic carbocycles. The first-order valence-corrected chi connectivity index (χ1v) is 7.62. The highest BCUT2D eigenvalue weighted by Crippen LogP contribution is 2.21. The van der Waals surface area contributed by atoms with Crippen LogP contribution in [0.3, 0.4) is 0 Å². The van der Waals surface area contributed by atoms with Crippen molar-refractivity contribution in [1.29, 1.82) is 0 Å². The third kappa shape index (κ3) is 3.06. The van der Waals surface area contributed by atoms with Gasteiger partial charge in [0.25, 0.3) is 0 Å². The van der Waals surface area contributed by atoms with E-state index in [1.54, 1.807) is 7.11 Å². The molecule has 118 valence electrons. The topological polar surface area (TPSA) is 53.1 Å². The third-order valence-electron chi connectivity index (χ3n) is 4.31. The number of methoxy groups -OCH3 is 1. The van der Waals surface area contributed by atoms with E-state index in [2.05, 4.69) is 21.9 Å². The zero-order valence-corrected chi connectivity index (χ0v) is 12.8. The lowest BCUT2D eigenvalue weighted by Gasteiger charge is -2.37.